The minimum absolute atomic E-state index is 0.166. The summed E-state index contributed by atoms with van der Waals surface area (Å²) in [4.78, 5) is 24.7. The number of carboxylic acid groups (broad SMARTS) is 1. The van der Waals surface area contributed by atoms with Crippen LogP contribution in [-0.4, -0.2) is 35.3 Å². The number of carbonyl (C=O) groups is 1. The summed E-state index contributed by atoms with van der Waals surface area (Å²) in [6.07, 6.45) is 5.16. The largest absolute Gasteiger partial charge is 0.543 e. The monoisotopic (exact) mass is 273 g/mol. The lowest BCUT2D eigenvalue weighted by atomic mass is 10.4. The second kappa shape index (κ2) is 4.12. The first-order valence-electron chi connectivity index (χ1n) is 5.31. The van der Waals surface area contributed by atoms with E-state index in [0.29, 0.717) is 11.3 Å². The van der Waals surface area contributed by atoms with Crippen LogP contribution < -0.4 is 5.11 Å². The van der Waals surface area contributed by atoms with Crippen LogP contribution in [-0.2, 0) is 0 Å². The number of hydrogen-bond acceptors (Lipinski definition) is 7. The lowest BCUT2D eigenvalue weighted by Crippen LogP contribution is -2.22. The number of fused-ring (bicyclic) bond motifs is 1. The van der Waals surface area contributed by atoms with Crippen molar-refractivity contribution < 1.29 is 14.8 Å². The number of aromatic nitrogens is 5. The molecule has 0 saturated heterocycles. The fourth-order valence-electron chi connectivity index (χ4n) is 1.63. The minimum Gasteiger partial charge on any atom is -0.543 e. The van der Waals surface area contributed by atoms with E-state index in [1.165, 1.54) is 33.9 Å². The average molecular weight is 273 g/mol. The summed E-state index contributed by atoms with van der Waals surface area (Å²) in [6, 6.07) is 1.25. The van der Waals surface area contributed by atoms with Gasteiger partial charge in [0.05, 0.1) is 23.3 Å². The molecule has 3 aromatic rings. The molecule has 10 heteroatoms. The zero-order valence-corrected chi connectivity index (χ0v) is 9.70. The van der Waals surface area contributed by atoms with Gasteiger partial charge in [-0.15, -0.1) is 0 Å². The molecule has 10 nitrogen and oxygen atoms in total. The van der Waals surface area contributed by atoms with Crippen LogP contribution in [0.5, 0.6) is 0 Å². The molecule has 3 rings (SSSR count). The highest BCUT2D eigenvalue weighted by Crippen LogP contribution is 2.13. The van der Waals surface area contributed by atoms with E-state index in [2.05, 4.69) is 15.2 Å². The Bertz CT molecular complexity index is 835. The summed E-state index contributed by atoms with van der Waals surface area (Å²) in [5.74, 6) is -1.41. The predicted octanol–water partition coefficient (Wildman–Crippen LogP) is -0.813. The van der Waals surface area contributed by atoms with Crippen molar-refractivity contribution in [1.82, 2.24) is 24.4 Å². The molecule has 0 spiro atoms. The van der Waals surface area contributed by atoms with Crippen LogP contribution in [0, 0.1) is 10.1 Å². The summed E-state index contributed by atoms with van der Waals surface area (Å²) < 4.78 is 2.47. The first kappa shape index (κ1) is 11.8. The van der Waals surface area contributed by atoms with Crippen molar-refractivity contribution in [2.45, 2.75) is 0 Å². The predicted molar refractivity (Wildman–Crippen MR) is 61.1 cm³/mol. The molecule has 3 heterocycles. The number of hydrogen-bond donors (Lipinski definition) is 0. The molecule has 0 fully saturated rings. The molecule has 0 aromatic carbocycles. The molecule has 0 unspecified atom stereocenters. The molecule has 0 aliphatic heterocycles. The summed E-state index contributed by atoms with van der Waals surface area (Å²) in [7, 11) is 0. The molecule has 0 aliphatic rings. The van der Waals surface area contributed by atoms with Crippen LogP contribution in [0.25, 0.3) is 11.3 Å². The molecule has 100 valence electrons. The molecule has 3 aromatic heterocycles. The van der Waals surface area contributed by atoms with E-state index in [1.54, 1.807) is 0 Å². The fraction of sp³-hybridized carbons (Fsp3) is 0. The highest BCUT2D eigenvalue weighted by Gasteiger charge is 2.11. The van der Waals surface area contributed by atoms with Crippen LogP contribution in [0.3, 0.4) is 0 Å². The highest BCUT2D eigenvalue weighted by atomic mass is 16.6. The van der Waals surface area contributed by atoms with E-state index >= 15 is 0 Å². The fourth-order valence-corrected chi connectivity index (χ4v) is 1.63. The Balaban J connectivity index is 2.07. The second-order valence-electron chi connectivity index (χ2n) is 3.83. The molecule has 0 bridgehead atoms. The van der Waals surface area contributed by atoms with Crippen molar-refractivity contribution in [3.05, 3.63) is 46.7 Å². The Hall–Kier alpha value is -3.30. The van der Waals surface area contributed by atoms with Gasteiger partial charge in [-0.1, -0.05) is 0 Å². The van der Waals surface area contributed by atoms with Gasteiger partial charge in [0.15, 0.2) is 5.65 Å². The van der Waals surface area contributed by atoms with Crippen LogP contribution in [0.15, 0.2) is 30.9 Å². The zero-order chi connectivity index (χ0) is 14.3. The third-order valence-electron chi connectivity index (χ3n) is 2.55. The third-order valence-corrected chi connectivity index (χ3v) is 2.55. The van der Waals surface area contributed by atoms with Crippen molar-refractivity contribution in [2.75, 3.05) is 0 Å². The normalized spacial score (nSPS) is 10.8. The lowest BCUT2D eigenvalue weighted by Gasteiger charge is -2.00. The van der Waals surface area contributed by atoms with Crippen LogP contribution in [0.1, 0.15) is 10.5 Å². The Kier molecular flexibility index (Phi) is 2.42. The summed E-state index contributed by atoms with van der Waals surface area (Å²) in [5.41, 5.74) is 0.301. The SMILES string of the molecule is O=C([O-])c1cc2ncc(-n3cc([N+](=O)[O-])cn3)cn2n1. The molecule has 0 aliphatic carbocycles. The number of aromatic carboxylic acids is 1. The topological polar surface area (TPSA) is 131 Å². The van der Waals surface area contributed by atoms with Crippen molar-refractivity contribution in [3.8, 4) is 5.69 Å². The van der Waals surface area contributed by atoms with Gasteiger partial charge < -0.3 is 9.90 Å². The molecule has 0 atom stereocenters. The van der Waals surface area contributed by atoms with E-state index in [1.807, 2.05) is 0 Å². The third kappa shape index (κ3) is 1.84. The van der Waals surface area contributed by atoms with Gasteiger partial charge >= 0.3 is 5.69 Å². The number of rotatable bonds is 3. The number of carbonyl (C=O) groups excluding carboxylic acids is 1. The molecule has 0 saturated carbocycles. The van der Waals surface area contributed by atoms with Crippen LogP contribution >= 0.6 is 0 Å². The Morgan fingerprint density at radius 2 is 2.10 bits per heavy atom. The van der Waals surface area contributed by atoms with E-state index in [9.17, 15) is 20.0 Å². The molecule has 0 N–H and O–H groups in total. The first-order chi connectivity index (χ1) is 9.54. The van der Waals surface area contributed by atoms with Gasteiger partial charge in [0.2, 0.25) is 0 Å². The van der Waals surface area contributed by atoms with Gasteiger partial charge in [-0.3, -0.25) is 10.1 Å². The van der Waals surface area contributed by atoms with Crippen molar-refractivity contribution >= 4 is 17.3 Å². The van der Waals surface area contributed by atoms with Crippen molar-refractivity contribution in [2.24, 2.45) is 0 Å². The molecule has 0 radical (unpaired) electrons. The van der Waals surface area contributed by atoms with Gasteiger partial charge in [0.1, 0.15) is 23.8 Å². The van der Waals surface area contributed by atoms with Crippen LogP contribution in [0.4, 0.5) is 5.69 Å². The summed E-state index contributed by atoms with van der Waals surface area (Å²) in [5, 5.41) is 28.9. The quantitative estimate of drug-likeness (QED) is 0.450. The Morgan fingerprint density at radius 1 is 1.30 bits per heavy atom. The van der Waals surface area contributed by atoms with E-state index in [4.69, 9.17) is 0 Å². The minimum atomic E-state index is -1.41. The lowest BCUT2D eigenvalue weighted by molar-refractivity contribution is -0.384. The summed E-state index contributed by atoms with van der Waals surface area (Å²) >= 11 is 0. The zero-order valence-electron chi connectivity index (χ0n) is 9.70. The summed E-state index contributed by atoms with van der Waals surface area (Å²) in [6.45, 7) is 0. The molecular formula is C10H5N6O4-. The maximum atomic E-state index is 10.7. The Labute approximate surface area is 110 Å². The first-order valence-corrected chi connectivity index (χ1v) is 5.31. The number of nitrogens with zero attached hydrogens (tertiary/aromatic N) is 6. The standard InChI is InChI=1S/C10H6N6O4/c17-10(18)8-1-9-11-2-6(4-15(9)13-8)14-5-7(3-12-14)16(19)20/h1-5H,(H,17,18)/p-1. The molecule has 0 amide bonds. The second-order valence-corrected chi connectivity index (χ2v) is 3.83. The number of carboxylic acids is 1. The molecular weight excluding hydrogens is 268 g/mol. The molecule has 20 heavy (non-hydrogen) atoms. The van der Waals surface area contributed by atoms with E-state index in [0.717, 1.165) is 6.20 Å². The van der Waals surface area contributed by atoms with Gasteiger partial charge in [0, 0.05) is 6.07 Å². The maximum Gasteiger partial charge on any atom is 0.307 e. The van der Waals surface area contributed by atoms with E-state index in [-0.39, 0.29) is 11.4 Å². The van der Waals surface area contributed by atoms with E-state index < -0.39 is 10.9 Å². The number of nitro groups is 1. The highest BCUT2D eigenvalue weighted by molar-refractivity contribution is 5.84. The maximum absolute atomic E-state index is 10.7. The van der Waals surface area contributed by atoms with Crippen molar-refractivity contribution in [1.29, 1.82) is 0 Å². The smallest absolute Gasteiger partial charge is 0.307 e. The van der Waals surface area contributed by atoms with Gasteiger partial charge in [0.25, 0.3) is 0 Å². The van der Waals surface area contributed by atoms with Gasteiger partial charge in [-0.25, -0.2) is 14.2 Å². The van der Waals surface area contributed by atoms with Crippen molar-refractivity contribution in [3.63, 3.8) is 0 Å². The van der Waals surface area contributed by atoms with Crippen LogP contribution in [0.2, 0.25) is 0 Å². The van der Waals surface area contributed by atoms with Gasteiger partial charge in [-0.05, 0) is 0 Å². The Morgan fingerprint density at radius 3 is 2.75 bits per heavy atom. The average Bonchev–Trinajstić information content (AvgIpc) is 3.04. The van der Waals surface area contributed by atoms with Gasteiger partial charge in [-0.2, -0.15) is 10.2 Å².